The molecule has 5 N–H and O–H groups in total. The molecule has 0 unspecified atom stereocenters. The number of rotatable bonds is 6. The van der Waals surface area contributed by atoms with E-state index >= 15 is 0 Å². The fourth-order valence-electron chi connectivity index (χ4n) is 3.03. The van der Waals surface area contributed by atoms with Crippen molar-refractivity contribution in [3.05, 3.63) is 66.4 Å². The van der Waals surface area contributed by atoms with Crippen LogP contribution in [0.5, 0.6) is 0 Å². The number of hydrogen-bond donors (Lipinski definition) is 5. The lowest BCUT2D eigenvalue weighted by Gasteiger charge is -2.13. The molecule has 1 atom stereocenters. The van der Waals surface area contributed by atoms with Gasteiger partial charge in [0.05, 0.1) is 17.6 Å². The van der Waals surface area contributed by atoms with E-state index in [0.717, 1.165) is 22.0 Å². The van der Waals surface area contributed by atoms with E-state index < -0.39 is 24.5 Å². The van der Waals surface area contributed by atoms with Gasteiger partial charge >= 0.3 is 0 Å². The lowest BCUT2D eigenvalue weighted by atomic mass is 10.1. The quantitative estimate of drug-likeness (QED) is 0.324. The van der Waals surface area contributed by atoms with Gasteiger partial charge in [0.2, 0.25) is 11.9 Å². The van der Waals surface area contributed by atoms with E-state index in [2.05, 4.69) is 25.6 Å². The molecule has 0 saturated carbocycles. The van der Waals surface area contributed by atoms with Crippen molar-refractivity contribution in [2.45, 2.75) is 6.04 Å². The molecular weight excluding hydrogens is 370 g/mol. The van der Waals surface area contributed by atoms with E-state index in [-0.39, 0.29) is 5.95 Å². The normalized spacial score (nSPS) is 12.4. The van der Waals surface area contributed by atoms with Crippen LogP contribution in [0.15, 0.2) is 60.8 Å². The molecule has 0 radical (unpaired) electrons. The molecule has 2 heterocycles. The Kier molecular flexibility index (Phi) is 5.08. The van der Waals surface area contributed by atoms with Crippen molar-refractivity contribution in [3.8, 4) is 0 Å². The molecule has 29 heavy (non-hydrogen) atoms. The molecule has 4 rings (SSSR count). The highest BCUT2D eigenvalue weighted by Crippen LogP contribution is 2.18. The number of imidazole rings is 1. The summed E-state index contributed by atoms with van der Waals surface area (Å²) in [5.41, 5.74) is 3.29. The smallest absolute Gasteiger partial charge is 0.251 e. The number of para-hydroxylation sites is 3. The summed E-state index contributed by atoms with van der Waals surface area (Å²) in [5, 5.41) is 15.6. The molecule has 0 bridgehead atoms. The molecule has 0 spiro atoms. The molecule has 2 aromatic heterocycles. The number of amides is 2. The predicted molar refractivity (Wildman–Crippen MR) is 111 cm³/mol. The van der Waals surface area contributed by atoms with Crippen LogP contribution in [-0.2, 0) is 9.59 Å². The molecule has 8 nitrogen and oxygen atoms in total. The summed E-state index contributed by atoms with van der Waals surface area (Å²) in [7, 11) is 0. The number of aliphatic hydroxyl groups is 1. The van der Waals surface area contributed by atoms with Crippen molar-refractivity contribution in [3.63, 3.8) is 0 Å². The van der Waals surface area contributed by atoms with Gasteiger partial charge in [-0.15, -0.1) is 0 Å². The monoisotopic (exact) mass is 389 g/mol. The molecule has 0 aliphatic carbocycles. The number of aliphatic hydroxyl groups excluding tert-OH is 1. The number of benzene rings is 2. The van der Waals surface area contributed by atoms with Crippen LogP contribution in [0.1, 0.15) is 5.56 Å². The Balaban J connectivity index is 1.40. The first-order valence-corrected chi connectivity index (χ1v) is 9.05. The predicted octanol–water partition coefficient (Wildman–Crippen LogP) is 2.17. The van der Waals surface area contributed by atoms with Gasteiger partial charge in [-0.1, -0.05) is 30.3 Å². The third-order valence-corrected chi connectivity index (χ3v) is 4.48. The molecule has 0 aliphatic heterocycles. The number of anilines is 1. The maximum Gasteiger partial charge on any atom is 0.251 e. The maximum absolute atomic E-state index is 12.4. The van der Waals surface area contributed by atoms with Crippen LogP contribution in [0, 0.1) is 0 Å². The van der Waals surface area contributed by atoms with Crippen LogP contribution in [0.25, 0.3) is 28.0 Å². The van der Waals surface area contributed by atoms with E-state index in [9.17, 15) is 14.7 Å². The maximum atomic E-state index is 12.4. The first kappa shape index (κ1) is 18.5. The second-order valence-electron chi connectivity index (χ2n) is 6.46. The summed E-state index contributed by atoms with van der Waals surface area (Å²) in [6.07, 6.45) is 4.78. The second kappa shape index (κ2) is 7.99. The van der Waals surface area contributed by atoms with Gasteiger partial charge in [0.25, 0.3) is 5.91 Å². The van der Waals surface area contributed by atoms with Gasteiger partial charge in [0.1, 0.15) is 6.04 Å². The van der Waals surface area contributed by atoms with Gasteiger partial charge in [0, 0.05) is 23.2 Å². The molecular formula is C21H19N5O3. The van der Waals surface area contributed by atoms with Crippen molar-refractivity contribution >= 4 is 45.8 Å². The number of nitrogens with one attached hydrogen (secondary N) is 4. The zero-order valence-corrected chi connectivity index (χ0v) is 15.3. The topological polar surface area (TPSA) is 123 Å². The Morgan fingerprint density at radius 2 is 1.86 bits per heavy atom. The largest absolute Gasteiger partial charge is 0.394 e. The first-order valence-electron chi connectivity index (χ1n) is 9.05. The number of carbonyl (C=O) groups is 2. The Labute approximate surface area is 165 Å². The van der Waals surface area contributed by atoms with Gasteiger partial charge in [-0.05, 0) is 29.8 Å². The van der Waals surface area contributed by atoms with Gasteiger partial charge in [-0.25, -0.2) is 4.98 Å². The number of nitrogens with zero attached hydrogens (tertiary/aromatic N) is 1. The zero-order valence-electron chi connectivity index (χ0n) is 15.3. The fourth-order valence-corrected chi connectivity index (χ4v) is 3.03. The highest BCUT2D eigenvalue weighted by molar-refractivity contribution is 6.01. The minimum absolute atomic E-state index is 0.248. The van der Waals surface area contributed by atoms with Crippen LogP contribution in [-0.4, -0.2) is 44.5 Å². The average molecular weight is 389 g/mol. The van der Waals surface area contributed by atoms with Crippen molar-refractivity contribution in [1.29, 1.82) is 0 Å². The molecule has 2 amide bonds. The highest BCUT2D eigenvalue weighted by Gasteiger charge is 2.20. The highest BCUT2D eigenvalue weighted by atomic mass is 16.3. The standard InChI is InChI=1S/C21H19N5O3/c27-12-18(20(29)26-21-24-16-7-3-4-8-17(16)25-21)23-19(28)10-9-13-11-22-15-6-2-1-5-14(13)15/h1-11,18,22,27H,12H2,(H,23,28)(H2,24,25,26,29)/t18-/m0/s1. The number of aromatic nitrogens is 3. The lowest BCUT2D eigenvalue weighted by molar-refractivity contribution is -0.124. The van der Waals surface area contributed by atoms with Crippen molar-refractivity contribution in [2.75, 3.05) is 11.9 Å². The van der Waals surface area contributed by atoms with Crippen molar-refractivity contribution < 1.29 is 14.7 Å². The van der Waals surface area contributed by atoms with Crippen LogP contribution >= 0.6 is 0 Å². The van der Waals surface area contributed by atoms with Gasteiger partial charge < -0.3 is 20.4 Å². The Morgan fingerprint density at radius 3 is 2.66 bits per heavy atom. The number of carbonyl (C=O) groups excluding carboxylic acids is 2. The lowest BCUT2D eigenvalue weighted by Crippen LogP contribution is -2.45. The first-order chi connectivity index (χ1) is 14.1. The molecule has 0 saturated heterocycles. The molecule has 0 aliphatic rings. The van der Waals surface area contributed by atoms with E-state index in [4.69, 9.17) is 0 Å². The van der Waals surface area contributed by atoms with Gasteiger partial charge in [-0.3, -0.25) is 14.9 Å². The molecule has 2 aromatic carbocycles. The van der Waals surface area contributed by atoms with E-state index in [0.29, 0.717) is 5.52 Å². The number of H-pyrrole nitrogens is 2. The Bertz CT molecular complexity index is 1170. The van der Waals surface area contributed by atoms with E-state index in [1.165, 1.54) is 6.08 Å². The van der Waals surface area contributed by atoms with E-state index in [1.54, 1.807) is 12.3 Å². The van der Waals surface area contributed by atoms with Crippen molar-refractivity contribution in [1.82, 2.24) is 20.3 Å². The average Bonchev–Trinajstić information content (AvgIpc) is 3.33. The van der Waals surface area contributed by atoms with Crippen molar-refractivity contribution in [2.24, 2.45) is 0 Å². The Morgan fingerprint density at radius 1 is 1.10 bits per heavy atom. The molecule has 4 aromatic rings. The van der Waals surface area contributed by atoms with Crippen LogP contribution in [0.3, 0.4) is 0 Å². The SMILES string of the molecule is O=C(C=Cc1c[nH]c2ccccc12)N[C@@H](CO)C(=O)Nc1nc2ccccc2[nH]1. The number of aromatic amines is 2. The Hall–Kier alpha value is -3.91. The van der Waals surface area contributed by atoms with E-state index in [1.807, 2.05) is 48.5 Å². The summed E-state index contributed by atoms with van der Waals surface area (Å²) >= 11 is 0. The second-order valence-corrected chi connectivity index (χ2v) is 6.46. The zero-order chi connectivity index (χ0) is 20.2. The van der Waals surface area contributed by atoms with Gasteiger partial charge in [-0.2, -0.15) is 0 Å². The third kappa shape index (κ3) is 4.02. The van der Waals surface area contributed by atoms with Crippen LogP contribution in [0.4, 0.5) is 5.95 Å². The summed E-state index contributed by atoms with van der Waals surface area (Å²) in [6.45, 7) is -0.543. The fraction of sp³-hybridized carbons (Fsp3) is 0.0952. The molecule has 8 heteroatoms. The molecule has 0 fully saturated rings. The summed E-state index contributed by atoms with van der Waals surface area (Å²) in [6, 6.07) is 13.9. The minimum Gasteiger partial charge on any atom is -0.394 e. The minimum atomic E-state index is -1.11. The number of fused-ring (bicyclic) bond motifs is 2. The van der Waals surface area contributed by atoms with Crippen LogP contribution in [0.2, 0.25) is 0 Å². The summed E-state index contributed by atoms with van der Waals surface area (Å²) in [5.74, 6) is -0.812. The third-order valence-electron chi connectivity index (χ3n) is 4.48. The number of hydrogen-bond acceptors (Lipinski definition) is 4. The van der Waals surface area contributed by atoms with Crippen LogP contribution < -0.4 is 10.6 Å². The van der Waals surface area contributed by atoms with Gasteiger partial charge in [0.15, 0.2) is 0 Å². The molecule has 146 valence electrons. The summed E-state index contributed by atoms with van der Waals surface area (Å²) < 4.78 is 0. The summed E-state index contributed by atoms with van der Waals surface area (Å²) in [4.78, 5) is 34.9.